The van der Waals surface area contributed by atoms with E-state index in [0.29, 0.717) is 29.8 Å². The van der Waals surface area contributed by atoms with Crippen molar-refractivity contribution in [2.24, 2.45) is 11.8 Å². The fraction of sp³-hybridized carbons (Fsp3) is 0.600. The van der Waals surface area contributed by atoms with E-state index in [0.717, 1.165) is 25.8 Å². The van der Waals surface area contributed by atoms with Crippen LogP contribution in [-0.4, -0.2) is 24.9 Å². The quantitative estimate of drug-likeness (QED) is 0.702. The van der Waals surface area contributed by atoms with Gasteiger partial charge in [-0.25, -0.2) is 4.39 Å². The first kappa shape index (κ1) is 14.9. The van der Waals surface area contributed by atoms with Crippen LogP contribution in [0.1, 0.15) is 26.2 Å². The Kier molecular flexibility index (Phi) is 5.06. The van der Waals surface area contributed by atoms with Gasteiger partial charge < -0.3 is 20.9 Å². The van der Waals surface area contributed by atoms with Crippen LogP contribution in [0.25, 0.3) is 0 Å². The Morgan fingerprint density at radius 1 is 1.40 bits per heavy atom. The maximum absolute atomic E-state index is 13.6. The first-order chi connectivity index (χ1) is 9.65. The molecule has 0 spiro atoms. The van der Waals surface area contributed by atoms with Crippen LogP contribution >= 0.6 is 0 Å². The highest BCUT2D eigenvalue weighted by molar-refractivity contribution is 5.68. The lowest BCUT2D eigenvalue weighted by atomic mass is 9.97. The lowest BCUT2D eigenvalue weighted by Crippen LogP contribution is -2.21. The van der Waals surface area contributed by atoms with Crippen LogP contribution in [0, 0.1) is 17.7 Å². The van der Waals surface area contributed by atoms with Gasteiger partial charge in [-0.3, -0.25) is 0 Å². The van der Waals surface area contributed by atoms with E-state index >= 15 is 0 Å². The normalized spacial score (nSPS) is 21.9. The number of benzene rings is 1. The highest BCUT2D eigenvalue weighted by atomic mass is 19.1. The maximum Gasteiger partial charge on any atom is 0.167 e. The lowest BCUT2D eigenvalue weighted by Gasteiger charge is -2.19. The van der Waals surface area contributed by atoms with Crippen LogP contribution in [0.4, 0.5) is 15.8 Å². The van der Waals surface area contributed by atoms with Crippen molar-refractivity contribution in [2.45, 2.75) is 26.2 Å². The largest absolute Gasteiger partial charge is 0.491 e. The molecule has 1 fully saturated rings. The number of nitrogen functional groups attached to an aromatic ring is 1. The topological polar surface area (TPSA) is 67.5 Å². The summed E-state index contributed by atoms with van der Waals surface area (Å²) in [7, 11) is 0. The molecule has 0 amide bonds. The van der Waals surface area contributed by atoms with Crippen LogP contribution in [-0.2, 0) is 0 Å². The van der Waals surface area contributed by atoms with Gasteiger partial charge in [-0.1, -0.05) is 6.42 Å². The molecular formula is C15H23FN2O2. The number of nitrogens with one attached hydrogen (secondary N) is 1. The predicted molar refractivity (Wildman–Crippen MR) is 78.4 cm³/mol. The van der Waals surface area contributed by atoms with Crippen molar-refractivity contribution in [3.63, 3.8) is 0 Å². The van der Waals surface area contributed by atoms with Gasteiger partial charge >= 0.3 is 0 Å². The third kappa shape index (κ3) is 3.33. The van der Waals surface area contributed by atoms with E-state index < -0.39 is 5.82 Å². The number of hydrogen-bond acceptors (Lipinski definition) is 4. The fourth-order valence-corrected chi connectivity index (χ4v) is 2.85. The second kappa shape index (κ2) is 6.79. The van der Waals surface area contributed by atoms with Gasteiger partial charge in [-0.15, -0.1) is 0 Å². The fourth-order valence-electron chi connectivity index (χ4n) is 2.85. The van der Waals surface area contributed by atoms with E-state index in [1.54, 1.807) is 6.07 Å². The molecule has 2 unspecified atom stereocenters. The standard InChI is InChI=1S/C15H23FN2O2/c1-2-20-15-7-14(13(17)6-12(15)16)18-8-10-4-3-5-11(10)9-19/h6-7,10-11,18-19H,2-5,8-9,17H2,1H3. The van der Waals surface area contributed by atoms with Gasteiger partial charge in [0.15, 0.2) is 11.6 Å². The zero-order valence-electron chi connectivity index (χ0n) is 11.9. The van der Waals surface area contributed by atoms with Crippen LogP contribution in [0.5, 0.6) is 5.75 Å². The summed E-state index contributed by atoms with van der Waals surface area (Å²) in [4.78, 5) is 0. The van der Waals surface area contributed by atoms with Crippen molar-refractivity contribution in [3.8, 4) is 5.75 Å². The number of aliphatic hydroxyl groups excluding tert-OH is 1. The molecule has 0 bridgehead atoms. The van der Waals surface area contributed by atoms with Crippen LogP contribution < -0.4 is 15.8 Å². The van der Waals surface area contributed by atoms with Crippen molar-refractivity contribution in [2.75, 3.05) is 30.8 Å². The zero-order valence-corrected chi connectivity index (χ0v) is 11.9. The minimum Gasteiger partial charge on any atom is -0.491 e. The first-order valence-electron chi connectivity index (χ1n) is 7.22. The summed E-state index contributed by atoms with van der Waals surface area (Å²) in [6, 6.07) is 2.89. The van der Waals surface area contributed by atoms with Crippen molar-refractivity contribution < 1.29 is 14.2 Å². The summed E-state index contributed by atoms with van der Waals surface area (Å²) < 4.78 is 18.8. The number of anilines is 2. The van der Waals surface area contributed by atoms with E-state index in [9.17, 15) is 9.50 Å². The number of ether oxygens (including phenoxy) is 1. The van der Waals surface area contributed by atoms with Crippen LogP contribution in [0.3, 0.4) is 0 Å². The van der Waals surface area contributed by atoms with E-state index in [2.05, 4.69) is 5.32 Å². The van der Waals surface area contributed by atoms with Crippen molar-refractivity contribution in [1.82, 2.24) is 0 Å². The molecule has 4 N–H and O–H groups in total. The Hall–Kier alpha value is -1.49. The summed E-state index contributed by atoms with van der Waals surface area (Å²) in [5.41, 5.74) is 6.90. The molecular weight excluding hydrogens is 259 g/mol. The second-order valence-electron chi connectivity index (χ2n) is 5.32. The lowest BCUT2D eigenvalue weighted by molar-refractivity contribution is 0.199. The molecule has 5 heteroatoms. The summed E-state index contributed by atoms with van der Waals surface area (Å²) in [5.74, 6) is 0.578. The van der Waals surface area contributed by atoms with Crippen molar-refractivity contribution >= 4 is 11.4 Å². The molecule has 1 aromatic rings. The SMILES string of the molecule is CCOc1cc(NCC2CCCC2CO)c(N)cc1F. The Morgan fingerprint density at radius 2 is 2.15 bits per heavy atom. The Labute approximate surface area is 119 Å². The maximum atomic E-state index is 13.6. The molecule has 4 nitrogen and oxygen atoms in total. The molecule has 20 heavy (non-hydrogen) atoms. The second-order valence-corrected chi connectivity index (χ2v) is 5.32. The minimum atomic E-state index is -0.441. The third-order valence-electron chi connectivity index (χ3n) is 4.01. The molecule has 0 heterocycles. The monoisotopic (exact) mass is 282 g/mol. The number of hydrogen-bond donors (Lipinski definition) is 3. The van der Waals surface area contributed by atoms with E-state index in [4.69, 9.17) is 10.5 Å². The summed E-state index contributed by atoms with van der Waals surface area (Å²) in [6.45, 7) is 3.20. The first-order valence-corrected chi connectivity index (χ1v) is 7.22. The highest BCUT2D eigenvalue weighted by Crippen LogP contribution is 2.33. The Balaban J connectivity index is 2.03. The summed E-state index contributed by atoms with van der Waals surface area (Å²) in [5, 5.41) is 12.6. The van der Waals surface area contributed by atoms with Gasteiger partial charge in [0, 0.05) is 25.3 Å². The minimum absolute atomic E-state index is 0.217. The van der Waals surface area contributed by atoms with Gasteiger partial charge in [-0.05, 0) is 31.6 Å². The molecule has 0 aromatic heterocycles. The van der Waals surface area contributed by atoms with Gasteiger partial charge in [0.05, 0.1) is 18.0 Å². The molecule has 1 saturated carbocycles. The van der Waals surface area contributed by atoms with Gasteiger partial charge in [0.2, 0.25) is 0 Å². The molecule has 0 aliphatic heterocycles. The van der Waals surface area contributed by atoms with Crippen molar-refractivity contribution in [3.05, 3.63) is 17.9 Å². The molecule has 1 aliphatic carbocycles. The van der Waals surface area contributed by atoms with Crippen LogP contribution in [0.15, 0.2) is 12.1 Å². The van der Waals surface area contributed by atoms with Crippen molar-refractivity contribution in [1.29, 1.82) is 0 Å². The summed E-state index contributed by atoms with van der Waals surface area (Å²) in [6.07, 6.45) is 3.34. The summed E-state index contributed by atoms with van der Waals surface area (Å²) >= 11 is 0. The molecule has 1 aromatic carbocycles. The molecule has 2 rings (SSSR count). The Morgan fingerprint density at radius 3 is 2.85 bits per heavy atom. The zero-order chi connectivity index (χ0) is 14.5. The van der Waals surface area contributed by atoms with Gasteiger partial charge in [0.1, 0.15) is 0 Å². The smallest absolute Gasteiger partial charge is 0.167 e. The van der Waals surface area contributed by atoms with E-state index in [1.807, 2.05) is 6.92 Å². The predicted octanol–water partition coefficient (Wildman–Crippen LogP) is 2.63. The number of aliphatic hydroxyl groups is 1. The molecule has 0 saturated heterocycles. The average Bonchev–Trinajstić information content (AvgIpc) is 2.88. The number of nitrogens with two attached hydrogens (primary N) is 1. The molecule has 112 valence electrons. The Bertz CT molecular complexity index is 454. The number of halogens is 1. The van der Waals surface area contributed by atoms with E-state index in [1.165, 1.54) is 6.07 Å². The molecule has 0 radical (unpaired) electrons. The molecule has 2 atom stereocenters. The number of rotatable bonds is 6. The highest BCUT2D eigenvalue weighted by Gasteiger charge is 2.26. The average molecular weight is 282 g/mol. The van der Waals surface area contributed by atoms with E-state index in [-0.39, 0.29) is 12.4 Å². The third-order valence-corrected chi connectivity index (χ3v) is 4.01. The molecule has 1 aliphatic rings. The van der Waals surface area contributed by atoms with Gasteiger partial charge in [0.25, 0.3) is 0 Å². The van der Waals surface area contributed by atoms with Gasteiger partial charge in [-0.2, -0.15) is 0 Å². The van der Waals surface area contributed by atoms with Crippen LogP contribution in [0.2, 0.25) is 0 Å².